The maximum Gasteiger partial charge on any atom is 0.286 e. The highest BCUT2D eigenvalue weighted by atomic mass is 127. The number of H-pyrrole nitrogens is 1. The summed E-state index contributed by atoms with van der Waals surface area (Å²) in [6.07, 6.45) is 1.64. The first-order valence-electron chi connectivity index (χ1n) is 5.16. The molecule has 6 heteroatoms. The van der Waals surface area contributed by atoms with Crippen molar-refractivity contribution in [3.05, 3.63) is 57.4 Å². The van der Waals surface area contributed by atoms with Crippen molar-refractivity contribution in [1.82, 2.24) is 15.8 Å². The van der Waals surface area contributed by atoms with E-state index in [0.29, 0.717) is 11.3 Å². The molecule has 0 bridgehead atoms. The van der Waals surface area contributed by atoms with Gasteiger partial charge in [0.05, 0.1) is 0 Å². The molecule has 5 nitrogen and oxygen atoms in total. The average Bonchev–Trinajstić information content (AvgIpc) is 2.89. The molecule has 1 aromatic carbocycles. The maximum atomic E-state index is 11.7. The molecule has 2 aromatic rings. The van der Waals surface area contributed by atoms with E-state index in [-0.39, 0.29) is 11.8 Å². The number of halogens is 1. The second-order valence-electron chi connectivity index (χ2n) is 3.50. The summed E-state index contributed by atoms with van der Waals surface area (Å²) >= 11 is 2.12. The number of aromatic nitrogens is 1. The third kappa shape index (κ3) is 3.10. The van der Waals surface area contributed by atoms with E-state index in [9.17, 15) is 9.59 Å². The molecule has 1 heterocycles. The van der Waals surface area contributed by atoms with Gasteiger partial charge in [-0.15, -0.1) is 0 Å². The minimum atomic E-state index is -0.390. The SMILES string of the molecule is O=C(NNC(=O)c1ccc[nH]1)c1cccc(I)c1. The van der Waals surface area contributed by atoms with Gasteiger partial charge in [-0.25, -0.2) is 0 Å². The summed E-state index contributed by atoms with van der Waals surface area (Å²) in [6, 6.07) is 10.4. The smallest absolute Gasteiger partial charge is 0.286 e. The Balaban J connectivity index is 1.95. The molecule has 0 aliphatic rings. The van der Waals surface area contributed by atoms with Crippen LogP contribution in [0.15, 0.2) is 42.6 Å². The monoisotopic (exact) mass is 355 g/mol. The number of hydrogen-bond donors (Lipinski definition) is 3. The molecule has 92 valence electrons. The van der Waals surface area contributed by atoms with Gasteiger partial charge < -0.3 is 4.98 Å². The highest BCUT2D eigenvalue weighted by Gasteiger charge is 2.09. The lowest BCUT2D eigenvalue weighted by Crippen LogP contribution is -2.41. The van der Waals surface area contributed by atoms with Crippen LogP contribution in [-0.4, -0.2) is 16.8 Å². The van der Waals surface area contributed by atoms with Gasteiger partial charge in [0.1, 0.15) is 5.69 Å². The third-order valence-electron chi connectivity index (χ3n) is 2.22. The van der Waals surface area contributed by atoms with Crippen molar-refractivity contribution in [3.63, 3.8) is 0 Å². The van der Waals surface area contributed by atoms with Crippen LogP contribution in [0, 0.1) is 3.57 Å². The summed E-state index contributed by atoms with van der Waals surface area (Å²) in [5.41, 5.74) is 5.56. The number of aromatic amines is 1. The maximum absolute atomic E-state index is 11.7. The number of rotatable bonds is 2. The highest BCUT2D eigenvalue weighted by molar-refractivity contribution is 14.1. The molecule has 2 rings (SSSR count). The van der Waals surface area contributed by atoms with E-state index in [2.05, 4.69) is 38.4 Å². The van der Waals surface area contributed by atoms with Crippen LogP contribution in [-0.2, 0) is 0 Å². The predicted molar refractivity (Wildman–Crippen MR) is 74.9 cm³/mol. The zero-order valence-corrected chi connectivity index (χ0v) is 11.4. The molecular weight excluding hydrogens is 345 g/mol. The van der Waals surface area contributed by atoms with E-state index >= 15 is 0 Å². The first-order chi connectivity index (χ1) is 8.66. The summed E-state index contributed by atoms with van der Waals surface area (Å²) in [4.78, 5) is 26.0. The predicted octanol–water partition coefficient (Wildman–Crippen LogP) is 1.69. The third-order valence-corrected chi connectivity index (χ3v) is 2.89. The van der Waals surface area contributed by atoms with Crippen LogP contribution in [0.2, 0.25) is 0 Å². The fourth-order valence-corrected chi connectivity index (χ4v) is 1.90. The number of carbonyl (C=O) groups is 2. The van der Waals surface area contributed by atoms with E-state index in [0.717, 1.165) is 3.57 Å². The van der Waals surface area contributed by atoms with Gasteiger partial charge in [-0.1, -0.05) is 6.07 Å². The van der Waals surface area contributed by atoms with Crippen molar-refractivity contribution in [2.45, 2.75) is 0 Å². The van der Waals surface area contributed by atoms with Gasteiger partial charge in [-0.2, -0.15) is 0 Å². The van der Waals surface area contributed by atoms with Crippen molar-refractivity contribution < 1.29 is 9.59 Å². The Bertz CT molecular complexity index is 566. The fraction of sp³-hybridized carbons (Fsp3) is 0. The van der Waals surface area contributed by atoms with Crippen molar-refractivity contribution in [2.75, 3.05) is 0 Å². The van der Waals surface area contributed by atoms with Crippen LogP contribution in [0.5, 0.6) is 0 Å². The van der Waals surface area contributed by atoms with Crippen LogP contribution in [0.3, 0.4) is 0 Å². The number of nitrogens with one attached hydrogen (secondary N) is 3. The quantitative estimate of drug-likeness (QED) is 0.567. The minimum Gasteiger partial charge on any atom is -0.357 e. The number of benzene rings is 1. The van der Waals surface area contributed by atoms with Crippen molar-refractivity contribution in [3.8, 4) is 0 Å². The Morgan fingerprint density at radius 2 is 1.83 bits per heavy atom. The topological polar surface area (TPSA) is 74.0 Å². The standard InChI is InChI=1S/C12H10IN3O2/c13-9-4-1-3-8(7-9)11(17)15-16-12(18)10-5-2-6-14-10/h1-7,14H,(H,15,17)(H,16,18). The number of amides is 2. The van der Waals surface area contributed by atoms with Gasteiger partial charge in [-0.3, -0.25) is 20.4 Å². The van der Waals surface area contributed by atoms with Crippen LogP contribution in [0.1, 0.15) is 20.8 Å². The van der Waals surface area contributed by atoms with Crippen LogP contribution in [0.25, 0.3) is 0 Å². The lowest BCUT2D eigenvalue weighted by molar-refractivity contribution is 0.0844. The zero-order chi connectivity index (χ0) is 13.0. The summed E-state index contributed by atoms with van der Waals surface area (Å²) in [5, 5.41) is 0. The Morgan fingerprint density at radius 1 is 1.06 bits per heavy atom. The van der Waals surface area contributed by atoms with Gasteiger partial charge >= 0.3 is 0 Å². The molecule has 0 atom stereocenters. The van der Waals surface area contributed by atoms with E-state index in [1.807, 2.05) is 6.07 Å². The van der Waals surface area contributed by atoms with Crippen LogP contribution >= 0.6 is 22.6 Å². The molecule has 0 radical (unpaired) electrons. The fourth-order valence-electron chi connectivity index (χ4n) is 1.35. The van der Waals surface area contributed by atoms with E-state index in [1.165, 1.54) is 0 Å². The second-order valence-corrected chi connectivity index (χ2v) is 4.75. The Hall–Kier alpha value is -1.83. The first kappa shape index (κ1) is 12.6. The minimum absolute atomic E-state index is 0.353. The van der Waals surface area contributed by atoms with Crippen molar-refractivity contribution in [1.29, 1.82) is 0 Å². The zero-order valence-electron chi connectivity index (χ0n) is 9.24. The lowest BCUT2D eigenvalue weighted by Gasteiger charge is -2.06. The van der Waals surface area contributed by atoms with E-state index < -0.39 is 0 Å². The van der Waals surface area contributed by atoms with Crippen LogP contribution in [0.4, 0.5) is 0 Å². The molecule has 0 saturated heterocycles. The Labute approximate surface area is 117 Å². The summed E-state index contributed by atoms with van der Waals surface area (Å²) < 4.78 is 0.955. The highest BCUT2D eigenvalue weighted by Crippen LogP contribution is 2.07. The molecular formula is C12H10IN3O2. The summed E-state index contributed by atoms with van der Waals surface area (Å²) in [5.74, 6) is -0.743. The lowest BCUT2D eigenvalue weighted by atomic mass is 10.2. The molecule has 0 aliphatic heterocycles. The molecule has 18 heavy (non-hydrogen) atoms. The van der Waals surface area contributed by atoms with Gasteiger partial charge in [0.2, 0.25) is 0 Å². The number of hydrogen-bond acceptors (Lipinski definition) is 2. The van der Waals surface area contributed by atoms with Gasteiger partial charge in [0.25, 0.3) is 11.8 Å². The number of hydrazine groups is 1. The first-order valence-corrected chi connectivity index (χ1v) is 6.24. The molecule has 0 spiro atoms. The molecule has 0 saturated carbocycles. The molecule has 3 N–H and O–H groups in total. The van der Waals surface area contributed by atoms with E-state index in [1.54, 1.807) is 36.5 Å². The molecule has 2 amide bonds. The normalized spacial score (nSPS) is 9.83. The van der Waals surface area contributed by atoms with Gasteiger partial charge in [0, 0.05) is 15.3 Å². The average molecular weight is 355 g/mol. The number of carbonyl (C=O) groups excluding carboxylic acids is 2. The molecule has 0 unspecified atom stereocenters. The Morgan fingerprint density at radius 3 is 2.50 bits per heavy atom. The molecule has 0 fully saturated rings. The van der Waals surface area contributed by atoms with Crippen molar-refractivity contribution in [2.24, 2.45) is 0 Å². The summed E-state index contributed by atoms with van der Waals surface area (Å²) in [6.45, 7) is 0. The van der Waals surface area contributed by atoms with E-state index in [4.69, 9.17) is 0 Å². The Kier molecular flexibility index (Phi) is 3.98. The van der Waals surface area contributed by atoms with Gasteiger partial charge in [-0.05, 0) is 52.9 Å². The molecule has 1 aromatic heterocycles. The molecule has 0 aliphatic carbocycles. The second kappa shape index (κ2) is 5.67. The van der Waals surface area contributed by atoms with Gasteiger partial charge in [0.15, 0.2) is 0 Å². The van der Waals surface area contributed by atoms with Crippen LogP contribution < -0.4 is 10.9 Å². The van der Waals surface area contributed by atoms with Crippen molar-refractivity contribution >= 4 is 34.4 Å². The largest absolute Gasteiger partial charge is 0.357 e. The summed E-state index contributed by atoms with van der Waals surface area (Å²) in [7, 11) is 0.